The largest absolute Gasteiger partial charge is 0.338 e. The van der Waals surface area contributed by atoms with Gasteiger partial charge >= 0.3 is 0 Å². The van der Waals surface area contributed by atoms with Crippen LogP contribution in [-0.2, 0) is 10.5 Å². The average molecular weight is 392 g/mol. The van der Waals surface area contributed by atoms with Gasteiger partial charge in [0.2, 0.25) is 17.6 Å². The van der Waals surface area contributed by atoms with E-state index in [2.05, 4.69) is 25.7 Å². The Kier molecular flexibility index (Phi) is 5.16. The van der Waals surface area contributed by atoms with Crippen LogP contribution >= 0.6 is 11.8 Å². The second kappa shape index (κ2) is 8.05. The van der Waals surface area contributed by atoms with Gasteiger partial charge in [0, 0.05) is 18.2 Å². The van der Waals surface area contributed by atoms with E-state index in [1.54, 1.807) is 6.33 Å². The maximum absolute atomic E-state index is 11.3. The van der Waals surface area contributed by atoms with Crippen molar-refractivity contribution in [3.05, 3.63) is 66.8 Å². The number of carbonyl (C=O) groups excluding carboxylic acids is 1. The number of rotatable bonds is 6. The molecule has 0 aliphatic heterocycles. The predicted octanol–water partition coefficient (Wildman–Crippen LogP) is 3.57. The molecule has 28 heavy (non-hydrogen) atoms. The summed E-state index contributed by atoms with van der Waals surface area (Å²) in [4.78, 5) is 15.7. The monoisotopic (exact) mass is 392 g/mol. The number of thioether (sulfide) groups is 1. The van der Waals surface area contributed by atoms with E-state index in [9.17, 15) is 4.79 Å². The predicted molar refractivity (Wildman–Crippen MR) is 105 cm³/mol. The van der Waals surface area contributed by atoms with Crippen LogP contribution in [0, 0.1) is 0 Å². The van der Waals surface area contributed by atoms with Crippen LogP contribution in [0.15, 0.2) is 70.6 Å². The van der Waals surface area contributed by atoms with Crippen molar-refractivity contribution < 1.29 is 9.32 Å². The summed E-state index contributed by atoms with van der Waals surface area (Å²) in [6.07, 6.45) is 1.62. The molecule has 2 heterocycles. The Labute approximate surface area is 165 Å². The molecule has 0 radical (unpaired) electrons. The summed E-state index contributed by atoms with van der Waals surface area (Å²) >= 11 is 1.44. The van der Waals surface area contributed by atoms with Gasteiger partial charge in [0.15, 0.2) is 5.16 Å². The first-order chi connectivity index (χ1) is 13.7. The van der Waals surface area contributed by atoms with Gasteiger partial charge in [-0.3, -0.25) is 9.36 Å². The van der Waals surface area contributed by atoms with Gasteiger partial charge < -0.3 is 9.84 Å². The second-order valence-electron chi connectivity index (χ2n) is 5.88. The van der Waals surface area contributed by atoms with Crippen LogP contribution in [-0.4, -0.2) is 30.8 Å². The molecule has 2 aromatic carbocycles. The van der Waals surface area contributed by atoms with E-state index in [4.69, 9.17) is 4.52 Å². The average Bonchev–Trinajstić information content (AvgIpc) is 3.36. The van der Waals surface area contributed by atoms with Crippen molar-refractivity contribution in [1.82, 2.24) is 24.9 Å². The van der Waals surface area contributed by atoms with Crippen LogP contribution in [0.2, 0.25) is 0 Å². The lowest BCUT2D eigenvalue weighted by molar-refractivity contribution is -0.114. The smallest absolute Gasteiger partial charge is 0.237 e. The Hall–Kier alpha value is -3.46. The molecule has 0 bridgehead atoms. The molecule has 2 aromatic heterocycles. The quantitative estimate of drug-likeness (QED) is 0.501. The third kappa shape index (κ3) is 4.09. The minimum atomic E-state index is -0.124. The van der Waals surface area contributed by atoms with Gasteiger partial charge in [-0.05, 0) is 18.2 Å². The molecule has 140 valence electrons. The number of benzene rings is 2. The summed E-state index contributed by atoms with van der Waals surface area (Å²) < 4.78 is 7.18. The molecule has 0 atom stereocenters. The van der Waals surface area contributed by atoms with E-state index < -0.39 is 0 Å². The Bertz CT molecular complexity index is 1090. The summed E-state index contributed by atoms with van der Waals surface area (Å²) in [5.74, 6) is 1.40. The van der Waals surface area contributed by atoms with Crippen molar-refractivity contribution >= 4 is 23.4 Å². The van der Waals surface area contributed by atoms with E-state index in [0.29, 0.717) is 28.3 Å². The highest BCUT2D eigenvalue weighted by Gasteiger charge is 2.12. The molecular weight excluding hydrogens is 376 g/mol. The summed E-state index contributed by atoms with van der Waals surface area (Å²) in [7, 11) is 0. The molecule has 0 fully saturated rings. The lowest BCUT2D eigenvalue weighted by Gasteiger charge is -2.08. The van der Waals surface area contributed by atoms with Gasteiger partial charge in [-0.15, -0.1) is 10.2 Å². The van der Waals surface area contributed by atoms with Gasteiger partial charge in [0.1, 0.15) is 6.33 Å². The molecule has 0 spiro atoms. The highest BCUT2D eigenvalue weighted by Crippen LogP contribution is 2.25. The van der Waals surface area contributed by atoms with E-state index in [0.717, 1.165) is 11.3 Å². The molecule has 9 heteroatoms. The minimum Gasteiger partial charge on any atom is -0.338 e. The maximum Gasteiger partial charge on any atom is 0.237 e. The minimum absolute atomic E-state index is 0.124. The Morgan fingerprint density at radius 3 is 2.86 bits per heavy atom. The highest BCUT2D eigenvalue weighted by molar-refractivity contribution is 7.98. The van der Waals surface area contributed by atoms with Crippen LogP contribution in [0.3, 0.4) is 0 Å². The van der Waals surface area contributed by atoms with Gasteiger partial charge in [-0.2, -0.15) is 4.98 Å². The van der Waals surface area contributed by atoms with Crippen LogP contribution in [0.1, 0.15) is 12.8 Å². The maximum atomic E-state index is 11.3. The summed E-state index contributed by atoms with van der Waals surface area (Å²) in [5, 5.41) is 15.6. The fraction of sp³-hybridized carbons (Fsp3) is 0.105. The van der Waals surface area contributed by atoms with Gasteiger partial charge in [0.25, 0.3) is 0 Å². The summed E-state index contributed by atoms with van der Waals surface area (Å²) in [5.41, 5.74) is 2.45. The van der Waals surface area contributed by atoms with Crippen LogP contribution in [0.4, 0.5) is 5.69 Å². The van der Waals surface area contributed by atoms with E-state index in [1.165, 1.54) is 18.7 Å². The number of aromatic nitrogens is 5. The summed E-state index contributed by atoms with van der Waals surface area (Å²) in [6, 6.07) is 17.1. The van der Waals surface area contributed by atoms with Gasteiger partial charge in [0.05, 0.1) is 11.4 Å². The first-order valence-corrected chi connectivity index (χ1v) is 9.46. The van der Waals surface area contributed by atoms with Crippen molar-refractivity contribution in [2.75, 3.05) is 5.32 Å². The Balaban J connectivity index is 1.48. The molecule has 4 aromatic rings. The molecule has 8 nitrogen and oxygen atoms in total. The van der Waals surface area contributed by atoms with E-state index in [-0.39, 0.29) is 5.91 Å². The van der Waals surface area contributed by atoms with Crippen molar-refractivity contribution in [2.45, 2.75) is 17.8 Å². The van der Waals surface area contributed by atoms with E-state index >= 15 is 0 Å². The molecule has 0 saturated heterocycles. The molecule has 1 N–H and O–H groups in total. The standard InChI is InChI=1S/C19H16N6O2S/c1-13(26)21-15-8-5-9-16(10-15)25-12-20-23-19(25)28-11-17-22-18(24-27-17)14-6-3-2-4-7-14/h2-10,12H,11H2,1H3,(H,21,26). The van der Waals surface area contributed by atoms with Crippen molar-refractivity contribution in [3.8, 4) is 17.1 Å². The fourth-order valence-corrected chi connectivity index (χ4v) is 3.35. The Morgan fingerprint density at radius 2 is 2.04 bits per heavy atom. The zero-order valence-electron chi connectivity index (χ0n) is 14.9. The van der Waals surface area contributed by atoms with Gasteiger partial charge in [-0.1, -0.05) is 53.3 Å². The third-order valence-electron chi connectivity index (χ3n) is 3.79. The van der Waals surface area contributed by atoms with Crippen molar-refractivity contribution in [2.24, 2.45) is 0 Å². The van der Waals surface area contributed by atoms with E-state index in [1.807, 2.05) is 59.2 Å². The molecule has 0 saturated carbocycles. The summed E-state index contributed by atoms with van der Waals surface area (Å²) in [6.45, 7) is 1.47. The molecular formula is C19H16N6O2S. The highest BCUT2D eigenvalue weighted by atomic mass is 32.2. The van der Waals surface area contributed by atoms with Gasteiger partial charge in [-0.25, -0.2) is 0 Å². The molecule has 1 amide bonds. The second-order valence-corrected chi connectivity index (χ2v) is 6.82. The first kappa shape index (κ1) is 17.9. The zero-order valence-corrected chi connectivity index (χ0v) is 15.8. The van der Waals surface area contributed by atoms with Crippen LogP contribution in [0.5, 0.6) is 0 Å². The molecule has 0 unspecified atom stereocenters. The van der Waals surface area contributed by atoms with Crippen LogP contribution in [0.25, 0.3) is 17.1 Å². The Morgan fingerprint density at radius 1 is 1.18 bits per heavy atom. The number of nitrogens with zero attached hydrogens (tertiary/aromatic N) is 5. The first-order valence-electron chi connectivity index (χ1n) is 8.48. The third-order valence-corrected chi connectivity index (χ3v) is 4.71. The normalized spacial score (nSPS) is 10.8. The molecule has 4 rings (SSSR count). The number of carbonyl (C=O) groups is 1. The van der Waals surface area contributed by atoms with Crippen molar-refractivity contribution in [1.29, 1.82) is 0 Å². The number of hydrogen-bond acceptors (Lipinski definition) is 7. The molecule has 0 aliphatic carbocycles. The zero-order chi connectivity index (χ0) is 19.3. The number of amides is 1. The number of nitrogens with one attached hydrogen (secondary N) is 1. The number of hydrogen-bond donors (Lipinski definition) is 1. The lowest BCUT2D eigenvalue weighted by atomic mass is 10.2. The van der Waals surface area contributed by atoms with Crippen LogP contribution < -0.4 is 5.32 Å². The topological polar surface area (TPSA) is 98.7 Å². The fourth-order valence-electron chi connectivity index (χ4n) is 2.58. The van der Waals surface area contributed by atoms with Crippen molar-refractivity contribution in [3.63, 3.8) is 0 Å². The molecule has 0 aliphatic rings. The lowest BCUT2D eigenvalue weighted by Crippen LogP contribution is -2.06. The SMILES string of the molecule is CC(=O)Nc1cccc(-n2cnnc2SCc2nc(-c3ccccc3)no2)c1. The number of anilines is 1.